The number of piperidine rings is 1. The van der Waals surface area contributed by atoms with Crippen molar-refractivity contribution in [1.82, 2.24) is 5.32 Å². The van der Waals surface area contributed by atoms with E-state index in [1.54, 1.807) is 6.26 Å². The van der Waals surface area contributed by atoms with Crippen LogP contribution in [0.5, 0.6) is 0 Å². The lowest BCUT2D eigenvalue weighted by atomic mass is 10.1. The Morgan fingerprint density at radius 2 is 2.47 bits per heavy atom. The lowest BCUT2D eigenvalue weighted by Gasteiger charge is -2.25. The van der Waals surface area contributed by atoms with Crippen LogP contribution in [-0.2, 0) is 4.74 Å². The minimum absolute atomic E-state index is 0. The second kappa shape index (κ2) is 6.16. The fraction of sp³-hybridized carbons (Fsp3) is 0.636. The zero-order chi connectivity index (χ0) is 9.80. The summed E-state index contributed by atoms with van der Waals surface area (Å²) in [4.78, 5) is 0. The van der Waals surface area contributed by atoms with Crippen molar-refractivity contribution in [2.24, 2.45) is 0 Å². The summed E-state index contributed by atoms with van der Waals surface area (Å²) in [7, 11) is 0. The van der Waals surface area contributed by atoms with Crippen molar-refractivity contribution in [3.8, 4) is 0 Å². The number of rotatable bonds is 3. The molecule has 0 saturated carbocycles. The van der Waals surface area contributed by atoms with Crippen LogP contribution in [0.3, 0.4) is 0 Å². The molecule has 0 amide bonds. The zero-order valence-electron chi connectivity index (χ0n) is 8.94. The van der Waals surface area contributed by atoms with Gasteiger partial charge in [0.2, 0.25) is 0 Å². The Balaban J connectivity index is 0.00000112. The van der Waals surface area contributed by atoms with E-state index in [0.29, 0.717) is 6.10 Å². The Kier molecular flexibility index (Phi) is 5.15. The second-order valence-electron chi connectivity index (χ2n) is 3.76. The molecule has 3 nitrogen and oxygen atoms in total. The van der Waals surface area contributed by atoms with Gasteiger partial charge in [-0.1, -0.05) is 0 Å². The van der Waals surface area contributed by atoms with Crippen LogP contribution in [0.2, 0.25) is 0 Å². The molecule has 1 saturated heterocycles. The normalized spacial score (nSPS) is 23.1. The molecule has 0 aromatic carbocycles. The van der Waals surface area contributed by atoms with Crippen LogP contribution in [0.25, 0.3) is 0 Å². The third-order valence-electron chi connectivity index (χ3n) is 2.59. The summed E-state index contributed by atoms with van der Waals surface area (Å²) in [6, 6.07) is 3.86. The topological polar surface area (TPSA) is 34.4 Å². The quantitative estimate of drug-likeness (QED) is 0.868. The maximum absolute atomic E-state index is 5.88. The van der Waals surface area contributed by atoms with E-state index in [-0.39, 0.29) is 18.5 Å². The summed E-state index contributed by atoms with van der Waals surface area (Å²) in [6.07, 6.45) is 4.45. The monoisotopic (exact) mass is 231 g/mol. The van der Waals surface area contributed by atoms with Gasteiger partial charge >= 0.3 is 0 Å². The van der Waals surface area contributed by atoms with Gasteiger partial charge < -0.3 is 14.5 Å². The van der Waals surface area contributed by atoms with Crippen LogP contribution < -0.4 is 5.32 Å². The van der Waals surface area contributed by atoms with Crippen LogP contribution >= 0.6 is 12.4 Å². The number of halogens is 1. The molecule has 2 rings (SSSR count). The molecule has 2 heterocycles. The van der Waals surface area contributed by atoms with Gasteiger partial charge in [0.15, 0.2) is 0 Å². The van der Waals surface area contributed by atoms with Crippen molar-refractivity contribution in [1.29, 1.82) is 0 Å². The smallest absolute Gasteiger partial charge is 0.132 e. The summed E-state index contributed by atoms with van der Waals surface area (Å²) in [5.74, 6) is 0.913. The van der Waals surface area contributed by atoms with Crippen molar-refractivity contribution < 1.29 is 9.15 Å². The van der Waals surface area contributed by atoms with Gasteiger partial charge in [0.1, 0.15) is 11.9 Å². The molecule has 0 aliphatic carbocycles. The Bertz CT molecular complexity index is 258. The average molecular weight is 232 g/mol. The third kappa shape index (κ3) is 3.52. The van der Waals surface area contributed by atoms with Crippen molar-refractivity contribution in [2.45, 2.75) is 32.0 Å². The Hall–Kier alpha value is -0.510. The average Bonchev–Trinajstić information content (AvgIpc) is 2.72. The molecule has 2 atom stereocenters. The molecule has 1 aliphatic rings. The van der Waals surface area contributed by atoms with Crippen molar-refractivity contribution in [2.75, 3.05) is 13.1 Å². The first-order chi connectivity index (χ1) is 6.86. The van der Waals surface area contributed by atoms with Crippen LogP contribution in [0.4, 0.5) is 0 Å². The molecular formula is C11H18ClNO2. The predicted molar refractivity (Wildman–Crippen MR) is 61.3 cm³/mol. The highest BCUT2D eigenvalue weighted by Gasteiger charge is 2.18. The summed E-state index contributed by atoms with van der Waals surface area (Å²) < 4.78 is 11.2. The number of ether oxygens (including phenoxy) is 1. The molecule has 1 fully saturated rings. The summed E-state index contributed by atoms with van der Waals surface area (Å²) in [5.41, 5.74) is 0. The van der Waals surface area contributed by atoms with Gasteiger partial charge in [-0.15, -0.1) is 12.4 Å². The number of hydrogen-bond donors (Lipinski definition) is 1. The lowest BCUT2D eigenvalue weighted by molar-refractivity contribution is -0.0245. The zero-order valence-corrected chi connectivity index (χ0v) is 9.76. The Morgan fingerprint density at radius 1 is 1.60 bits per heavy atom. The van der Waals surface area contributed by atoms with Crippen LogP contribution in [0.1, 0.15) is 31.6 Å². The first kappa shape index (κ1) is 12.6. The number of furan rings is 1. The van der Waals surface area contributed by atoms with Gasteiger partial charge in [0.05, 0.1) is 12.4 Å². The van der Waals surface area contributed by atoms with E-state index in [2.05, 4.69) is 5.32 Å². The standard InChI is InChI=1S/C11H17NO2.ClH/c1-9(11-5-3-7-13-11)14-10-4-2-6-12-8-10;/h3,5,7,9-10,12H,2,4,6,8H2,1H3;1H/t9?,10-;/m1./s1. The van der Waals surface area contributed by atoms with E-state index in [0.717, 1.165) is 25.3 Å². The van der Waals surface area contributed by atoms with E-state index in [4.69, 9.17) is 9.15 Å². The number of hydrogen-bond acceptors (Lipinski definition) is 3. The molecular weight excluding hydrogens is 214 g/mol. The minimum Gasteiger partial charge on any atom is -0.467 e. The fourth-order valence-electron chi connectivity index (χ4n) is 1.81. The Morgan fingerprint density at radius 3 is 3.07 bits per heavy atom. The van der Waals surface area contributed by atoms with Gasteiger partial charge in [-0.2, -0.15) is 0 Å². The maximum atomic E-state index is 5.88. The van der Waals surface area contributed by atoms with Gasteiger partial charge in [0, 0.05) is 6.54 Å². The fourth-order valence-corrected chi connectivity index (χ4v) is 1.81. The van der Waals surface area contributed by atoms with Crippen LogP contribution in [-0.4, -0.2) is 19.2 Å². The van der Waals surface area contributed by atoms with Gasteiger partial charge in [-0.25, -0.2) is 0 Å². The molecule has 1 N–H and O–H groups in total. The molecule has 0 spiro atoms. The summed E-state index contributed by atoms with van der Waals surface area (Å²) >= 11 is 0. The van der Waals surface area contributed by atoms with E-state index >= 15 is 0 Å². The molecule has 15 heavy (non-hydrogen) atoms. The number of nitrogens with one attached hydrogen (secondary N) is 1. The molecule has 1 unspecified atom stereocenters. The van der Waals surface area contributed by atoms with Gasteiger partial charge in [0.25, 0.3) is 0 Å². The third-order valence-corrected chi connectivity index (χ3v) is 2.59. The summed E-state index contributed by atoms with van der Waals surface area (Å²) in [6.45, 7) is 4.12. The maximum Gasteiger partial charge on any atom is 0.132 e. The van der Waals surface area contributed by atoms with E-state index in [1.807, 2.05) is 19.1 Å². The van der Waals surface area contributed by atoms with Crippen LogP contribution in [0, 0.1) is 0 Å². The molecule has 1 aliphatic heterocycles. The first-order valence-electron chi connectivity index (χ1n) is 5.26. The molecule has 1 aromatic heterocycles. The van der Waals surface area contributed by atoms with E-state index in [9.17, 15) is 0 Å². The highest BCUT2D eigenvalue weighted by atomic mass is 35.5. The SMILES string of the molecule is CC(O[C@@H]1CCCNC1)c1ccco1.Cl. The first-order valence-corrected chi connectivity index (χ1v) is 5.26. The highest BCUT2D eigenvalue weighted by molar-refractivity contribution is 5.85. The molecule has 0 bridgehead atoms. The molecule has 4 heteroatoms. The Labute approximate surface area is 96.6 Å². The second-order valence-corrected chi connectivity index (χ2v) is 3.76. The van der Waals surface area contributed by atoms with E-state index < -0.39 is 0 Å². The molecule has 0 radical (unpaired) electrons. The van der Waals surface area contributed by atoms with Crippen LogP contribution in [0.15, 0.2) is 22.8 Å². The predicted octanol–water partition coefficient (Wildman–Crippen LogP) is 2.53. The molecule has 1 aromatic rings. The van der Waals surface area contributed by atoms with Gasteiger partial charge in [-0.05, 0) is 38.4 Å². The summed E-state index contributed by atoms with van der Waals surface area (Å²) in [5, 5.41) is 3.33. The van der Waals surface area contributed by atoms with Gasteiger partial charge in [-0.3, -0.25) is 0 Å². The highest BCUT2D eigenvalue weighted by Crippen LogP contribution is 2.20. The minimum atomic E-state index is 0. The van der Waals surface area contributed by atoms with Crippen molar-refractivity contribution in [3.63, 3.8) is 0 Å². The molecule has 86 valence electrons. The van der Waals surface area contributed by atoms with Crippen molar-refractivity contribution >= 4 is 12.4 Å². The van der Waals surface area contributed by atoms with Crippen molar-refractivity contribution in [3.05, 3.63) is 24.2 Å². The lowest BCUT2D eigenvalue weighted by Crippen LogP contribution is -2.35. The largest absolute Gasteiger partial charge is 0.467 e. The van der Waals surface area contributed by atoms with E-state index in [1.165, 1.54) is 6.42 Å².